The van der Waals surface area contributed by atoms with Gasteiger partial charge < -0.3 is 20.9 Å². The molecule has 3 aromatic rings. The van der Waals surface area contributed by atoms with Crippen molar-refractivity contribution < 1.29 is 4.39 Å². The molecular formula is C26H30FIN6. The maximum atomic E-state index is 13.2. The second-order valence-corrected chi connectivity index (χ2v) is 8.64. The number of nitrogens with one attached hydrogen (secondary N) is 1. The molecule has 0 spiro atoms. The van der Waals surface area contributed by atoms with Crippen LogP contribution >= 0.6 is 24.0 Å². The Labute approximate surface area is 217 Å². The fourth-order valence-corrected chi connectivity index (χ4v) is 4.59. The van der Waals surface area contributed by atoms with Crippen LogP contribution in [0.4, 0.5) is 21.6 Å². The number of aromatic nitrogens is 1. The lowest BCUT2D eigenvalue weighted by Gasteiger charge is -2.36. The van der Waals surface area contributed by atoms with Crippen LogP contribution in [0.25, 0.3) is 0 Å². The van der Waals surface area contributed by atoms with Crippen LogP contribution in [0.2, 0.25) is 0 Å². The molecule has 0 unspecified atom stereocenters. The molecule has 1 aliphatic carbocycles. The van der Waals surface area contributed by atoms with E-state index in [4.69, 9.17) is 5.73 Å². The summed E-state index contributed by atoms with van der Waals surface area (Å²) in [6.45, 7) is 3.95. The minimum Gasteiger partial charge on any atom is -0.370 e. The smallest absolute Gasteiger partial charge is 0.193 e. The predicted molar refractivity (Wildman–Crippen MR) is 148 cm³/mol. The first-order valence-corrected chi connectivity index (χ1v) is 11.5. The number of hydrogen-bond acceptors (Lipinski definition) is 4. The zero-order valence-corrected chi connectivity index (χ0v) is 21.4. The number of hydrogen-bond donors (Lipinski definition) is 2. The summed E-state index contributed by atoms with van der Waals surface area (Å²) in [5.41, 5.74) is 12.1. The highest BCUT2D eigenvalue weighted by molar-refractivity contribution is 14.0. The first kappa shape index (κ1) is 24.3. The Balaban J connectivity index is 0.00000274. The van der Waals surface area contributed by atoms with Gasteiger partial charge in [-0.1, -0.05) is 6.07 Å². The van der Waals surface area contributed by atoms with Gasteiger partial charge in [-0.3, -0.25) is 0 Å². The van der Waals surface area contributed by atoms with Crippen LogP contribution in [0.3, 0.4) is 0 Å². The summed E-state index contributed by atoms with van der Waals surface area (Å²) < 4.78 is 13.2. The van der Waals surface area contributed by atoms with Crippen molar-refractivity contribution in [3.63, 3.8) is 0 Å². The molecule has 2 aliphatic rings. The Morgan fingerprint density at radius 1 is 0.941 bits per heavy atom. The van der Waals surface area contributed by atoms with Gasteiger partial charge in [0.25, 0.3) is 0 Å². The van der Waals surface area contributed by atoms with Crippen LogP contribution in [-0.2, 0) is 19.4 Å². The third-order valence-corrected chi connectivity index (χ3v) is 6.41. The number of halogens is 2. The monoisotopic (exact) mass is 572 g/mol. The number of nitrogens with two attached hydrogens (primary N) is 1. The molecule has 0 amide bonds. The third kappa shape index (κ3) is 5.78. The molecule has 3 N–H and O–H groups in total. The lowest BCUT2D eigenvalue weighted by molar-refractivity contribution is 0.624. The Morgan fingerprint density at radius 3 is 2.47 bits per heavy atom. The Morgan fingerprint density at radius 2 is 1.68 bits per heavy atom. The van der Waals surface area contributed by atoms with E-state index in [1.54, 1.807) is 0 Å². The number of anilines is 3. The summed E-state index contributed by atoms with van der Waals surface area (Å²) in [5.74, 6) is 1.16. The van der Waals surface area contributed by atoms with Crippen molar-refractivity contribution >= 4 is 47.1 Å². The fraction of sp³-hybridized carbons (Fsp3) is 0.308. The second kappa shape index (κ2) is 11.0. The van der Waals surface area contributed by atoms with Gasteiger partial charge in [-0.25, -0.2) is 14.4 Å². The molecule has 0 atom stereocenters. The molecule has 0 saturated carbocycles. The molecule has 2 aromatic carbocycles. The van der Waals surface area contributed by atoms with Crippen molar-refractivity contribution in [1.29, 1.82) is 0 Å². The number of aliphatic imine (C=N–C) groups is 1. The maximum Gasteiger partial charge on any atom is 0.193 e. The SMILES string of the molecule is I.NC(=NCc1ccnc(N2CCN(c3ccc(F)cc3)CC2)c1)Nc1ccc2c(c1)CCC2. The lowest BCUT2D eigenvalue weighted by atomic mass is 10.1. The van der Waals surface area contributed by atoms with Crippen LogP contribution < -0.4 is 20.9 Å². The van der Waals surface area contributed by atoms with Gasteiger partial charge in [-0.15, -0.1) is 24.0 Å². The zero-order valence-electron chi connectivity index (χ0n) is 19.1. The molecule has 1 aromatic heterocycles. The van der Waals surface area contributed by atoms with E-state index in [-0.39, 0.29) is 29.8 Å². The zero-order chi connectivity index (χ0) is 22.6. The van der Waals surface area contributed by atoms with E-state index in [1.807, 2.05) is 24.4 Å². The quantitative estimate of drug-likeness (QED) is 0.266. The molecule has 178 valence electrons. The molecule has 8 heteroatoms. The molecule has 1 saturated heterocycles. The number of guanidine groups is 1. The Kier molecular flexibility index (Phi) is 7.87. The van der Waals surface area contributed by atoms with Gasteiger partial charge >= 0.3 is 0 Å². The van der Waals surface area contributed by atoms with E-state index >= 15 is 0 Å². The van der Waals surface area contributed by atoms with Gasteiger partial charge in [0.05, 0.1) is 6.54 Å². The Bertz CT molecular complexity index is 1140. The number of benzene rings is 2. The summed E-state index contributed by atoms with van der Waals surface area (Å²) in [7, 11) is 0. The van der Waals surface area contributed by atoms with E-state index in [2.05, 4.69) is 49.4 Å². The van der Waals surface area contributed by atoms with Gasteiger partial charge in [0.2, 0.25) is 0 Å². The molecule has 6 nitrogen and oxygen atoms in total. The van der Waals surface area contributed by atoms with Crippen LogP contribution in [0.15, 0.2) is 65.8 Å². The van der Waals surface area contributed by atoms with Gasteiger partial charge in [-0.05, 0) is 84.5 Å². The minimum absolute atomic E-state index is 0. The number of fused-ring (bicyclic) bond motifs is 1. The van der Waals surface area contributed by atoms with Crippen molar-refractivity contribution in [2.75, 3.05) is 41.3 Å². The normalized spacial score (nSPS) is 15.6. The standard InChI is InChI=1S/C26H29FN6.HI/c27-22-5-8-24(9-6-22)32-12-14-33(15-13-32)25-16-19(10-11-29-25)18-30-26(28)31-23-7-4-20-2-1-3-21(20)17-23;/h4-11,16-17H,1-3,12-15,18H2,(H3,28,30,31);1H. The van der Waals surface area contributed by atoms with Crippen LogP contribution in [-0.4, -0.2) is 37.1 Å². The predicted octanol–water partition coefficient (Wildman–Crippen LogP) is 4.58. The second-order valence-electron chi connectivity index (χ2n) is 8.64. The highest BCUT2D eigenvalue weighted by Gasteiger charge is 2.18. The van der Waals surface area contributed by atoms with Crippen molar-refractivity contribution in [2.45, 2.75) is 25.8 Å². The lowest BCUT2D eigenvalue weighted by Crippen LogP contribution is -2.46. The number of aryl methyl sites for hydroxylation is 2. The highest BCUT2D eigenvalue weighted by Crippen LogP contribution is 2.25. The molecule has 5 rings (SSSR count). The molecule has 1 aliphatic heterocycles. The summed E-state index contributed by atoms with van der Waals surface area (Å²) in [6, 6.07) is 17.2. The fourth-order valence-electron chi connectivity index (χ4n) is 4.59. The van der Waals surface area contributed by atoms with Gasteiger partial charge in [0, 0.05) is 43.8 Å². The molecule has 34 heavy (non-hydrogen) atoms. The first-order chi connectivity index (χ1) is 16.1. The third-order valence-electron chi connectivity index (χ3n) is 6.41. The average Bonchev–Trinajstić information content (AvgIpc) is 3.32. The molecule has 1 fully saturated rings. The van der Waals surface area contributed by atoms with Crippen LogP contribution in [0, 0.1) is 5.82 Å². The van der Waals surface area contributed by atoms with E-state index in [0.29, 0.717) is 12.5 Å². The van der Waals surface area contributed by atoms with Crippen molar-refractivity contribution in [1.82, 2.24) is 4.98 Å². The number of nitrogens with zero attached hydrogens (tertiary/aromatic N) is 4. The maximum absolute atomic E-state index is 13.2. The molecular weight excluding hydrogens is 542 g/mol. The van der Waals surface area contributed by atoms with Crippen molar-refractivity contribution in [3.8, 4) is 0 Å². The highest BCUT2D eigenvalue weighted by atomic mass is 127. The Hall–Kier alpha value is -2.88. The minimum atomic E-state index is -0.204. The van der Waals surface area contributed by atoms with E-state index in [9.17, 15) is 4.39 Å². The van der Waals surface area contributed by atoms with Gasteiger partial charge in [0.15, 0.2) is 5.96 Å². The molecule has 2 heterocycles. The van der Waals surface area contributed by atoms with Crippen LogP contribution in [0.1, 0.15) is 23.1 Å². The summed E-state index contributed by atoms with van der Waals surface area (Å²) >= 11 is 0. The number of rotatable bonds is 5. The van der Waals surface area contributed by atoms with E-state index < -0.39 is 0 Å². The van der Waals surface area contributed by atoms with Gasteiger partial charge in [0.1, 0.15) is 11.6 Å². The molecule has 0 bridgehead atoms. The summed E-state index contributed by atoms with van der Waals surface area (Å²) in [6.07, 6.45) is 5.37. The van der Waals surface area contributed by atoms with Crippen LogP contribution in [0.5, 0.6) is 0 Å². The summed E-state index contributed by atoms with van der Waals surface area (Å²) in [5, 5.41) is 3.22. The number of pyridine rings is 1. The first-order valence-electron chi connectivity index (χ1n) is 11.5. The van der Waals surface area contributed by atoms with Gasteiger partial charge in [-0.2, -0.15) is 0 Å². The van der Waals surface area contributed by atoms with E-state index in [0.717, 1.165) is 55.4 Å². The van der Waals surface area contributed by atoms with E-state index in [1.165, 1.54) is 36.1 Å². The van der Waals surface area contributed by atoms with Crippen molar-refractivity contribution in [2.24, 2.45) is 10.7 Å². The molecule has 0 radical (unpaired) electrons. The largest absolute Gasteiger partial charge is 0.370 e. The van der Waals surface area contributed by atoms with Crippen molar-refractivity contribution in [3.05, 3.63) is 83.3 Å². The topological polar surface area (TPSA) is 69.8 Å². The average molecular weight is 572 g/mol. The number of piperazine rings is 1. The summed E-state index contributed by atoms with van der Waals surface area (Å²) in [4.78, 5) is 13.6.